The highest BCUT2D eigenvalue weighted by Gasteiger charge is 2.32. The molecule has 0 bridgehead atoms. The van der Waals surface area contributed by atoms with Crippen molar-refractivity contribution in [2.45, 2.75) is 283 Å². The molecule has 2 aromatic rings. The summed E-state index contributed by atoms with van der Waals surface area (Å²) in [7, 11) is 0. The van der Waals surface area contributed by atoms with Gasteiger partial charge < -0.3 is 19.9 Å². The fraction of sp³-hybridized carbons (Fsp3) is 0.776. The van der Waals surface area contributed by atoms with Gasteiger partial charge in [-0.1, -0.05) is 293 Å². The molecule has 0 fully saturated rings. The summed E-state index contributed by atoms with van der Waals surface area (Å²) in [5, 5.41) is 14.0. The third-order valence-corrected chi connectivity index (χ3v) is 13.2. The molecule has 0 aliphatic carbocycles. The predicted molar refractivity (Wildman–Crippen MR) is 271 cm³/mol. The molecular weight excluding hydrogens is 775 g/mol. The van der Waals surface area contributed by atoms with Gasteiger partial charge in [-0.15, -0.1) is 0 Å². The number of benzene rings is 2. The zero-order valence-electron chi connectivity index (χ0n) is 41.5. The van der Waals surface area contributed by atoms with Crippen LogP contribution in [0.25, 0.3) is 0 Å². The van der Waals surface area contributed by atoms with Crippen molar-refractivity contribution >= 4 is 5.91 Å². The molecule has 3 atom stereocenters. The normalized spacial score (nSPS) is 13.0. The number of rotatable bonds is 47. The van der Waals surface area contributed by atoms with Crippen LogP contribution < -0.4 is 5.32 Å². The number of amides is 1. The van der Waals surface area contributed by atoms with Crippen LogP contribution in [0.3, 0.4) is 0 Å². The van der Waals surface area contributed by atoms with Gasteiger partial charge in [-0.05, 0) is 24.0 Å². The third-order valence-electron chi connectivity index (χ3n) is 13.2. The highest BCUT2D eigenvalue weighted by Crippen LogP contribution is 2.22. The summed E-state index contributed by atoms with van der Waals surface area (Å²) in [6.07, 6.45) is 47.5. The summed E-state index contributed by atoms with van der Waals surface area (Å²) in [6, 6.07) is 20.0. The van der Waals surface area contributed by atoms with Gasteiger partial charge in [0.2, 0.25) is 5.91 Å². The maximum atomic E-state index is 13.4. The maximum absolute atomic E-state index is 13.4. The second-order valence-electron chi connectivity index (χ2n) is 19.2. The molecule has 2 aromatic carbocycles. The Labute approximate surface area is 390 Å². The van der Waals surface area contributed by atoms with Gasteiger partial charge in [-0.2, -0.15) is 0 Å². The zero-order chi connectivity index (χ0) is 44.9. The molecule has 0 heterocycles. The average Bonchev–Trinajstić information content (AvgIpc) is 3.31. The lowest BCUT2D eigenvalue weighted by atomic mass is 9.98. The molecule has 3 unspecified atom stereocenters. The number of unbranched alkanes of at least 4 members (excludes halogenated alkanes) is 33. The van der Waals surface area contributed by atoms with Crippen molar-refractivity contribution in [2.24, 2.45) is 0 Å². The molecule has 5 heteroatoms. The SMILES string of the molecule is CCCCCCCCCCCCCCCCCCCCCCCCCC(=O)NC(CO)C(OCc1ccccc1)C(CCCCCCCCCCCCCC)OCc1ccccc1. The van der Waals surface area contributed by atoms with E-state index in [1.54, 1.807) is 0 Å². The van der Waals surface area contributed by atoms with Crippen LogP contribution in [-0.4, -0.2) is 35.9 Å². The quantitative estimate of drug-likeness (QED) is 0.0650. The lowest BCUT2D eigenvalue weighted by molar-refractivity contribution is -0.130. The Balaban J connectivity index is 1.68. The molecule has 1 amide bonds. The van der Waals surface area contributed by atoms with Crippen molar-refractivity contribution in [3.8, 4) is 0 Å². The van der Waals surface area contributed by atoms with Gasteiger partial charge in [-0.3, -0.25) is 4.79 Å². The summed E-state index contributed by atoms with van der Waals surface area (Å²) < 4.78 is 13.3. The van der Waals surface area contributed by atoms with E-state index in [-0.39, 0.29) is 18.6 Å². The number of ether oxygens (including phenoxy) is 2. The van der Waals surface area contributed by atoms with Gasteiger partial charge >= 0.3 is 0 Å². The highest BCUT2D eigenvalue weighted by molar-refractivity contribution is 5.76. The van der Waals surface area contributed by atoms with Crippen molar-refractivity contribution < 1.29 is 19.4 Å². The first-order valence-corrected chi connectivity index (χ1v) is 27.4. The van der Waals surface area contributed by atoms with Crippen molar-refractivity contribution in [1.82, 2.24) is 5.32 Å². The number of hydrogen-bond donors (Lipinski definition) is 2. The number of carbonyl (C=O) groups is 1. The molecule has 0 aliphatic heterocycles. The van der Waals surface area contributed by atoms with E-state index in [2.05, 4.69) is 43.4 Å². The van der Waals surface area contributed by atoms with Crippen LogP contribution in [0.2, 0.25) is 0 Å². The highest BCUT2D eigenvalue weighted by atomic mass is 16.5. The summed E-state index contributed by atoms with van der Waals surface area (Å²) >= 11 is 0. The second kappa shape index (κ2) is 43.7. The maximum Gasteiger partial charge on any atom is 0.220 e. The number of aliphatic hydroxyl groups excluding tert-OH is 1. The Bertz CT molecular complexity index is 1220. The van der Waals surface area contributed by atoms with E-state index < -0.39 is 12.1 Å². The van der Waals surface area contributed by atoms with Crippen molar-refractivity contribution in [3.05, 3.63) is 71.8 Å². The lowest BCUT2D eigenvalue weighted by Gasteiger charge is -2.33. The van der Waals surface area contributed by atoms with E-state index in [1.807, 2.05) is 36.4 Å². The van der Waals surface area contributed by atoms with E-state index in [1.165, 1.54) is 199 Å². The van der Waals surface area contributed by atoms with Gasteiger partial charge in [0.05, 0.1) is 32.0 Å². The van der Waals surface area contributed by atoms with Crippen LogP contribution in [-0.2, 0) is 27.5 Å². The molecule has 5 nitrogen and oxygen atoms in total. The first-order chi connectivity index (χ1) is 31.2. The molecule has 0 saturated heterocycles. The van der Waals surface area contributed by atoms with Crippen LogP contribution in [0.15, 0.2) is 60.7 Å². The smallest absolute Gasteiger partial charge is 0.220 e. The van der Waals surface area contributed by atoms with E-state index in [0.717, 1.165) is 43.2 Å². The third kappa shape index (κ3) is 33.9. The molecule has 63 heavy (non-hydrogen) atoms. The molecule has 0 saturated carbocycles. The molecule has 0 radical (unpaired) electrons. The fourth-order valence-corrected chi connectivity index (χ4v) is 9.14. The van der Waals surface area contributed by atoms with Gasteiger partial charge in [0.1, 0.15) is 6.10 Å². The first-order valence-electron chi connectivity index (χ1n) is 27.4. The van der Waals surface area contributed by atoms with E-state index in [0.29, 0.717) is 19.6 Å². The summed E-state index contributed by atoms with van der Waals surface area (Å²) in [5.41, 5.74) is 2.19. The van der Waals surface area contributed by atoms with Crippen LogP contribution >= 0.6 is 0 Å². The monoisotopic (exact) mass is 876 g/mol. The zero-order valence-corrected chi connectivity index (χ0v) is 41.5. The van der Waals surface area contributed by atoms with Crippen molar-refractivity contribution in [1.29, 1.82) is 0 Å². The number of carbonyl (C=O) groups excluding carboxylic acids is 1. The topological polar surface area (TPSA) is 67.8 Å². The molecular formula is C58H101NO4. The predicted octanol–water partition coefficient (Wildman–Crippen LogP) is 17.1. The first kappa shape index (κ1) is 56.9. The van der Waals surface area contributed by atoms with Gasteiger partial charge in [0, 0.05) is 6.42 Å². The van der Waals surface area contributed by atoms with Gasteiger partial charge in [0.25, 0.3) is 0 Å². The lowest BCUT2D eigenvalue weighted by Crippen LogP contribution is -2.52. The molecule has 0 aliphatic rings. The van der Waals surface area contributed by atoms with E-state index in [9.17, 15) is 9.90 Å². The summed E-state index contributed by atoms with van der Waals surface area (Å²) in [5.74, 6) is -0.00182. The Morgan fingerprint density at radius 2 is 0.762 bits per heavy atom. The molecule has 0 aromatic heterocycles. The Hall–Kier alpha value is -2.21. The van der Waals surface area contributed by atoms with Crippen LogP contribution in [0.5, 0.6) is 0 Å². The minimum Gasteiger partial charge on any atom is -0.394 e. The Kier molecular flexibility index (Phi) is 39.5. The van der Waals surface area contributed by atoms with Crippen molar-refractivity contribution in [3.63, 3.8) is 0 Å². The Morgan fingerprint density at radius 1 is 0.444 bits per heavy atom. The van der Waals surface area contributed by atoms with Crippen molar-refractivity contribution in [2.75, 3.05) is 6.61 Å². The minimum atomic E-state index is -0.538. The van der Waals surface area contributed by atoms with Crippen LogP contribution in [0.1, 0.15) is 263 Å². The molecule has 2 rings (SSSR count). The largest absolute Gasteiger partial charge is 0.394 e. The number of nitrogens with one attached hydrogen (secondary N) is 1. The fourth-order valence-electron chi connectivity index (χ4n) is 9.14. The summed E-state index contributed by atoms with van der Waals surface area (Å²) in [4.78, 5) is 13.4. The molecule has 2 N–H and O–H groups in total. The standard InChI is InChI=1S/C58H101NO4/c1-3-5-7-9-11-13-15-17-18-19-20-21-22-23-24-25-26-27-29-31-33-35-43-49-57(61)59-55(50-60)58(63-52-54-46-40-37-41-47-54)56(62-51-53-44-38-36-39-45-53)48-42-34-32-30-28-16-14-12-10-8-6-4-2/h36-41,44-47,55-56,58,60H,3-35,42-43,48-52H2,1-2H3,(H,59,61). The summed E-state index contributed by atoms with van der Waals surface area (Å²) in [6.45, 7) is 5.27. The van der Waals surface area contributed by atoms with Crippen LogP contribution in [0, 0.1) is 0 Å². The van der Waals surface area contributed by atoms with E-state index >= 15 is 0 Å². The van der Waals surface area contributed by atoms with Gasteiger partial charge in [0.15, 0.2) is 0 Å². The minimum absolute atomic E-state index is 0.00182. The second-order valence-corrected chi connectivity index (χ2v) is 19.2. The molecule has 0 spiro atoms. The Morgan fingerprint density at radius 3 is 1.11 bits per heavy atom. The molecule has 362 valence electrons. The number of hydrogen-bond acceptors (Lipinski definition) is 4. The van der Waals surface area contributed by atoms with Crippen LogP contribution in [0.4, 0.5) is 0 Å². The van der Waals surface area contributed by atoms with E-state index in [4.69, 9.17) is 9.47 Å². The van der Waals surface area contributed by atoms with Gasteiger partial charge in [-0.25, -0.2) is 0 Å². The average molecular weight is 876 g/mol. The number of aliphatic hydroxyl groups is 1.